The van der Waals surface area contributed by atoms with E-state index >= 15 is 0 Å². The number of aromatic nitrogens is 1. The lowest BCUT2D eigenvalue weighted by molar-refractivity contribution is -0.0402. The summed E-state index contributed by atoms with van der Waals surface area (Å²) in [5.74, 6) is 0. The fraction of sp³-hybridized carbons (Fsp3) is 0.357. The predicted molar refractivity (Wildman–Crippen MR) is 83.6 cm³/mol. The first-order valence-corrected chi connectivity index (χ1v) is 7.70. The Balaban J connectivity index is 2.24. The van der Waals surface area contributed by atoms with Crippen LogP contribution in [-0.4, -0.2) is 39.8 Å². The molecule has 0 amide bonds. The maximum atomic E-state index is 12.9. The van der Waals surface area contributed by atoms with Gasteiger partial charge in [-0.2, -0.15) is 5.26 Å². The number of ether oxygens (including phenoxy) is 1. The topological polar surface area (TPSA) is 78.4 Å². The van der Waals surface area contributed by atoms with Gasteiger partial charge in [0.05, 0.1) is 21.1 Å². The van der Waals surface area contributed by atoms with Gasteiger partial charge < -0.3 is 19.5 Å². The molecule has 1 aromatic carbocycles. The molecule has 23 heavy (non-hydrogen) atoms. The van der Waals surface area contributed by atoms with Crippen LogP contribution in [0.15, 0.2) is 12.1 Å². The lowest BCUT2D eigenvalue weighted by Gasteiger charge is -2.19. The van der Waals surface area contributed by atoms with Crippen molar-refractivity contribution in [3.63, 3.8) is 0 Å². The van der Waals surface area contributed by atoms with Crippen molar-refractivity contribution in [2.75, 3.05) is 6.67 Å². The molecule has 122 valence electrons. The van der Waals surface area contributed by atoms with Crippen LogP contribution in [-0.2, 0) is 4.74 Å². The smallest absolute Gasteiger partial charge is 0.164 e. The summed E-state index contributed by atoms with van der Waals surface area (Å²) in [5, 5.41) is 30.1. The molecule has 0 unspecified atom stereocenters. The molecule has 2 heterocycles. The summed E-state index contributed by atoms with van der Waals surface area (Å²) in [6.07, 6.45) is -5.16. The molecule has 3 rings (SSSR count). The Morgan fingerprint density at radius 1 is 1.22 bits per heavy atom. The molecular weight excluding hydrogens is 370 g/mol. The second-order valence-corrected chi connectivity index (χ2v) is 6.30. The van der Waals surface area contributed by atoms with Crippen molar-refractivity contribution in [3.05, 3.63) is 32.9 Å². The molecule has 1 aliphatic heterocycles. The number of nitrogens with zero attached hydrogens (tertiary/aromatic N) is 2. The summed E-state index contributed by atoms with van der Waals surface area (Å²) in [5.41, 5.74) is 0.505. The zero-order chi connectivity index (χ0) is 16.9. The standard InChI is InChI=1S/C14H10Cl3FN2O3/c15-7-1-5-6(4-19)13(17)20(9(5)2-8(7)16)14-12(22)11(21)10(3-18)23-14/h1-2,10-12,14,21-22H,3H2/t10-,11-,12-,14-/m1/s1. The normalized spacial score (nSPS) is 27.5. The summed E-state index contributed by atoms with van der Waals surface area (Å²) < 4.78 is 19.5. The molecule has 9 heteroatoms. The second kappa shape index (κ2) is 6.10. The highest BCUT2D eigenvalue weighted by atomic mass is 35.5. The monoisotopic (exact) mass is 378 g/mol. The number of rotatable bonds is 2. The van der Waals surface area contributed by atoms with Crippen LogP contribution in [0, 0.1) is 11.3 Å². The molecule has 2 aromatic rings. The zero-order valence-corrected chi connectivity index (χ0v) is 13.6. The minimum atomic E-state index is -1.41. The number of aliphatic hydroxyl groups is 2. The molecule has 4 atom stereocenters. The van der Waals surface area contributed by atoms with Gasteiger partial charge in [0.15, 0.2) is 6.23 Å². The lowest BCUT2D eigenvalue weighted by Crippen LogP contribution is -2.32. The molecule has 1 aromatic heterocycles. The number of benzene rings is 1. The van der Waals surface area contributed by atoms with Crippen LogP contribution in [0.2, 0.25) is 15.2 Å². The summed E-state index contributed by atoms with van der Waals surface area (Å²) >= 11 is 18.2. The molecular formula is C14H10Cl3FN2O3. The zero-order valence-electron chi connectivity index (χ0n) is 11.4. The Hall–Kier alpha value is -1.07. The van der Waals surface area contributed by atoms with Crippen molar-refractivity contribution < 1.29 is 19.3 Å². The van der Waals surface area contributed by atoms with E-state index in [0.29, 0.717) is 10.9 Å². The van der Waals surface area contributed by atoms with Crippen LogP contribution < -0.4 is 0 Å². The van der Waals surface area contributed by atoms with Gasteiger partial charge in [0.25, 0.3) is 0 Å². The Morgan fingerprint density at radius 2 is 1.87 bits per heavy atom. The van der Waals surface area contributed by atoms with E-state index in [1.807, 2.05) is 6.07 Å². The first-order valence-electron chi connectivity index (χ1n) is 6.56. The van der Waals surface area contributed by atoms with Gasteiger partial charge in [-0.3, -0.25) is 0 Å². The molecule has 0 spiro atoms. The van der Waals surface area contributed by atoms with Crippen LogP contribution in [0.4, 0.5) is 4.39 Å². The van der Waals surface area contributed by atoms with Gasteiger partial charge >= 0.3 is 0 Å². The number of fused-ring (bicyclic) bond motifs is 1. The molecule has 1 fully saturated rings. The Labute approximate surface area is 145 Å². The maximum absolute atomic E-state index is 12.9. The number of hydrogen-bond donors (Lipinski definition) is 2. The molecule has 1 aliphatic rings. The van der Waals surface area contributed by atoms with Crippen LogP contribution in [0.25, 0.3) is 10.9 Å². The van der Waals surface area contributed by atoms with Crippen molar-refractivity contribution in [3.8, 4) is 6.07 Å². The van der Waals surface area contributed by atoms with Gasteiger partial charge in [-0.1, -0.05) is 34.8 Å². The Kier molecular flexibility index (Phi) is 4.45. The average Bonchev–Trinajstić information content (AvgIpc) is 2.94. The average molecular weight is 380 g/mol. The minimum absolute atomic E-state index is 0.0170. The highest BCUT2D eigenvalue weighted by molar-refractivity contribution is 6.43. The lowest BCUT2D eigenvalue weighted by atomic mass is 10.1. The van der Waals surface area contributed by atoms with Crippen LogP contribution >= 0.6 is 34.8 Å². The van der Waals surface area contributed by atoms with Gasteiger partial charge in [-0.05, 0) is 12.1 Å². The van der Waals surface area contributed by atoms with Crippen molar-refractivity contribution in [1.29, 1.82) is 5.26 Å². The Morgan fingerprint density at radius 3 is 2.43 bits per heavy atom. The highest BCUT2D eigenvalue weighted by Gasteiger charge is 2.45. The van der Waals surface area contributed by atoms with Gasteiger partial charge in [0.1, 0.15) is 36.2 Å². The number of nitriles is 1. The van der Waals surface area contributed by atoms with Crippen molar-refractivity contribution in [1.82, 2.24) is 4.57 Å². The minimum Gasteiger partial charge on any atom is -0.387 e. The quantitative estimate of drug-likeness (QED) is 0.840. The highest BCUT2D eigenvalue weighted by Crippen LogP contribution is 2.41. The van der Waals surface area contributed by atoms with Gasteiger partial charge in [-0.25, -0.2) is 4.39 Å². The summed E-state index contributed by atoms with van der Waals surface area (Å²) in [6.45, 7) is -0.969. The third kappa shape index (κ3) is 2.49. The number of halogens is 4. The van der Waals surface area contributed by atoms with E-state index in [1.54, 1.807) is 0 Å². The summed E-state index contributed by atoms with van der Waals surface area (Å²) in [6, 6.07) is 4.90. The maximum Gasteiger partial charge on any atom is 0.164 e. The van der Waals surface area contributed by atoms with E-state index in [1.165, 1.54) is 16.7 Å². The van der Waals surface area contributed by atoms with Crippen LogP contribution in [0.3, 0.4) is 0 Å². The molecule has 2 N–H and O–H groups in total. The number of hydrogen-bond acceptors (Lipinski definition) is 4. The number of alkyl halides is 1. The van der Waals surface area contributed by atoms with Crippen molar-refractivity contribution in [2.45, 2.75) is 24.5 Å². The number of aliphatic hydroxyl groups excluding tert-OH is 2. The molecule has 0 radical (unpaired) electrons. The van der Waals surface area contributed by atoms with E-state index < -0.39 is 31.2 Å². The van der Waals surface area contributed by atoms with Gasteiger partial charge in [-0.15, -0.1) is 0 Å². The predicted octanol–water partition coefficient (Wildman–Crippen LogP) is 3.06. The fourth-order valence-electron chi connectivity index (χ4n) is 2.70. The van der Waals surface area contributed by atoms with Crippen LogP contribution in [0.5, 0.6) is 0 Å². The summed E-state index contributed by atoms with van der Waals surface area (Å²) in [7, 11) is 0. The summed E-state index contributed by atoms with van der Waals surface area (Å²) in [4.78, 5) is 0. The van der Waals surface area contributed by atoms with E-state index in [0.717, 1.165) is 0 Å². The Bertz CT molecular complexity index is 820. The van der Waals surface area contributed by atoms with Gasteiger partial charge in [0.2, 0.25) is 0 Å². The largest absolute Gasteiger partial charge is 0.387 e. The third-order valence-corrected chi connectivity index (χ3v) is 4.93. The second-order valence-electron chi connectivity index (χ2n) is 5.13. The molecule has 5 nitrogen and oxygen atoms in total. The molecule has 0 aliphatic carbocycles. The van der Waals surface area contributed by atoms with Gasteiger partial charge in [0, 0.05) is 5.39 Å². The fourth-order valence-corrected chi connectivity index (χ4v) is 3.35. The molecule has 1 saturated heterocycles. The van der Waals surface area contributed by atoms with E-state index in [-0.39, 0.29) is 20.8 Å². The molecule has 0 bridgehead atoms. The first kappa shape index (κ1) is 16.8. The van der Waals surface area contributed by atoms with Crippen LogP contribution in [0.1, 0.15) is 11.8 Å². The van der Waals surface area contributed by atoms with E-state index in [9.17, 15) is 19.9 Å². The van der Waals surface area contributed by atoms with E-state index in [2.05, 4.69) is 0 Å². The third-order valence-electron chi connectivity index (χ3n) is 3.84. The van der Waals surface area contributed by atoms with E-state index in [4.69, 9.17) is 39.5 Å². The SMILES string of the molecule is N#Cc1c(Cl)n([C@@H]2O[C@H](CF)[C@@H](O)[C@H]2O)c2cc(Cl)c(Cl)cc12. The molecule has 0 saturated carbocycles. The van der Waals surface area contributed by atoms with Crippen molar-refractivity contribution >= 4 is 45.7 Å². The van der Waals surface area contributed by atoms with Crippen molar-refractivity contribution in [2.24, 2.45) is 0 Å². The first-order chi connectivity index (χ1) is 10.9.